The number of nitrogens with zero attached hydrogens (tertiary/aromatic N) is 1. The molecule has 0 aliphatic carbocycles. The van der Waals surface area contributed by atoms with E-state index in [1.54, 1.807) is 4.90 Å². The Balaban J connectivity index is 1.84. The predicted octanol–water partition coefficient (Wildman–Crippen LogP) is -0.813. The zero-order valence-electron chi connectivity index (χ0n) is 11.1. The minimum Gasteiger partial charge on any atom is -0.342 e. The van der Waals surface area contributed by atoms with Gasteiger partial charge in [-0.3, -0.25) is 14.9 Å². The summed E-state index contributed by atoms with van der Waals surface area (Å²) in [6.07, 6.45) is 1.44. The molecule has 1 spiro atoms. The Labute approximate surface area is 112 Å². The van der Waals surface area contributed by atoms with E-state index in [4.69, 9.17) is 0 Å². The van der Waals surface area contributed by atoms with Crippen molar-refractivity contribution >= 4 is 17.8 Å². The molecular formula is C12H20N4O3. The van der Waals surface area contributed by atoms with Crippen LogP contribution in [0.15, 0.2) is 0 Å². The van der Waals surface area contributed by atoms with Gasteiger partial charge in [0.25, 0.3) is 5.91 Å². The fourth-order valence-electron chi connectivity index (χ4n) is 2.55. The average molecular weight is 268 g/mol. The molecule has 0 aromatic carbocycles. The van der Waals surface area contributed by atoms with Gasteiger partial charge in [-0.05, 0) is 19.4 Å². The van der Waals surface area contributed by atoms with E-state index in [9.17, 15) is 14.4 Å². The number of amides is 4. The van der Waals surface area contributed by atoms with Crippen LogP contribution in [0.2, 0.25) is 0 Å². The van der Waals surface area contributed by atoms with Crippen LogP contribution in [0.5, 0.6) is 0 Å². The normalized spacial score (nSPS) is 21.4. The molecule has 2 aliphatic rings. The third-order valence-corrected chi connectivity index (χ3v) is 3.75. The number of likely N-dealkylation sites (tertiary alicyclic amines) is 1. The lowest BCUT2D eigenvalue weighted by Crippen LogP contribution is -2.55. The number of rotatable bonds is 4. The highest BCUT2D eigenvalue weighted by molar-refractivity contribution is 6.07. The Bertz CT molecular complexity index is 388. The zero-order chi connectivity index (χ0) is 13.9. The zero-order valence-corrected chi connectivity index (χ0v) is 11.1. The standard InChI is InChI=1S/C12H20N4O3/c1-2-13-6-3-9(17)16-7-4-12(5-8-16)10(18)14-11(19)15-12/h13H,2-8H2,1H3,(H2,14,15,18,19). The summed E-state index contributed by atoms with van der Waals surface area (Å²) in [6.45, 7) is 4.55. The summed E-state index contributed by atoms with van der Waals surface area (Å²) in [5, 5.41) is 8.05. The van der Waals surface area contributed by atoms with Gasteiger partial charge < -0.3 is 15.5 Å². The summed E-state index contributed by atoms with van der Waals surface area (Å²) in [6, 6.07) is -0.433. The van der Waals surface area contributed by atoms with Crippen molar-refractivity contribution in [3.63, 3.8) is 0 Å². The molecular weight excluding hydrogens is 248 g/mol. The van der Waals surface area contributed by atoms with Crippen molar-refractivity contribution in [3.05, 3.63) is 0 Å². The first-order valence-corrected chi connectivity index (χ1v) is 6.69. The number of piperidine rings is 1. The molecule has 4 amide bonds. The van der Waals surface area contributed by atoms with Crippen molar-refractivity contribution in [1.29, 1.82) is 0 Å². The molecule has 7 nitrogen and oxygen atoms in total. The van der Waals surface area contributed by atoms with Gasteiger partial charge in [0.1, 0.15) is 5.54 Å². The lowest BCUT2D eigenvalue weighted by molar-refractivity contribution is -0.135. The fraction of sp³-hybridized carbons (Fsp3) is 0.750. The van der Waals surface area contributed by atoms with E-state index in [0.29, 0.717) is 38.9 Å². The minimum absolute atomic E-state index is 0.0977. The number of carbonyl (C=O) groups is 3. The smallest absolute Gasteiger partial charge is 0.322 e. The molecule has 2 rings (SSSR count). The molecule has 2 fully saturated rings. The van der Waals surface area contributed by atoms with Gasteiger partial charge in [0.2, 0.25) is 5.91 Å². The third kappa shape index (κ3) is 2.86. The molecule has 0 saturated carbocycles. The number of nitrogens with one attached hydrogen (secondary N) is 3. The number of hydrogen-bond donors (Lipinski definition) is 3. The molecule has 2 saturated heterocycles. The van der Waals surface area contributed by atoms with E-state index in [0.717, 1.165) is 6.54 Å². The van der Waals surface area contributed by atoms with Crippen LogP contribution >= 0.6 is 0 Å². The second-order valence-electron chi connectivity index (χ2n) is 4.97. The van der Waals surface area contributed by atoms with Crippen LogP contribution in [0.1, 0.15) is 26.2 Å². The van der Waals surface area contributed by atoms with Crippen LogP contribution in [0.25, 0.3) is 0 Å². The number of hydrogen-bond acceptors (Lipinski definition) is 4. The molecule has 0 unspecified atom stereocenters. The van der Waals surface area contributed by atoms with Gasteiger partial charge in [0.15, 0.2) is 0 Å². The molecule has 0 aromatic rings. The molecule has 7 heteroatoms. The lowest BCUT2D eigenvalue weighted by Gasteiger charge is -2.37. The second kappa shape index (κ2) is 5.56. The van der Waals surface area contributed by atoms with Crippen LogP contribution in [0, 0.1) is 0 Å². The quantitative estimate of drug-likeness (QED) is 0.459. The average Bonchev–Trinajstić information content (AvgIpc) is 2.65. The molecule has 0 radical (unpaired) electrons. The summed E-state index contributed by atoms with van der Waals surface area (Å²) in [5.74, 6) is -0.169. The van der Waals surface area contributed by atoms with E-state index in [-0.39, 0.29) is 11.8 Å². The van der Waals surface area contributed by atoms with E-state index in [1.165, 1.54) is 0 Å². The minimum atomic E-state index is -0.796. The van der Waals surface area contributed by atoms with Gasteiger partial charge >= 0.3 is 6.03 Å². The van der Waals surface area contributed by atoms with Crippen molar-refractivity contribution in [1.82, 2.24) is 20.9 Å². The monoisotopic (exact) mass is 268 g/mol. The SMILES string of the molecule is CCNCCC(=O)N1CCC2(CC1)NC(=O)NC2=O. The highest BCUT2D eigenvalue weighted by atomic mass is 16.2. The molecule has 0 atom stereocenters. The van der Waals surface area contributed by atoms with E-state index in [1.807, 2.05) is 6.92 Å². The largest absolute Gasteiger partial charge is 0.342 e. The summed E-state index contributed by atoms with van der Waals surface area (Å²) < 4.78 is 0. The summed E-state index contributed by atoms with van der Waals surface area (Å²) in [5.41, 5.74) is -0.796. The van der Waals surface area contributed by atoms with Crippen molar-refractivity contribution in [2.45, 2.75) is 31.7 Å². The van der Waals surface area contributed by atoms with Crippen LogP contribution in [-0.2, 0) is 9.59 Å². The molecule has 3 N–H and O–H groups in total. The maximum Gasteiger partial charge on any atom is 0.322 e. The Morgan fingerprint density at radius 2 is 2.05 bits per heavy atom. The van der Waals surface area contributed by atoms with Crippen molar-refractivity contribution in [2.24, 2.45) is 0 Å². The molecule has 19 heavy (non-hydrogen) atoms. The van der Waals surface area contributed by atoms with Crippen LogP contribution < -0.4 is 16.0 Å². The highest BCUT2D eigenvalue weighted by Gasteiger charge is 2.48. The van der Waals surface area contributed by atoms with Crippen molar-refractivity contribution < 1.29 is 14.4 Å². The van der Waals surface area contributed by atoms with E-state index in [2.05, 4.69) is 16.0 Å². The van der Waals surface area contributed by atoms with Gasteiger partial charge in [-0.15, -0.1) is 0 Å². The summed E-state index contributed by atoms with van der Waals surface area (Å²) in [4.78, 5) is 36.6. The maximum absolute atomic E-state index is 11.9. The van der Waals surface area contributed by atoms with Crippen LogP contribution in [-0.4, -0.2) is 54.5 Å². The predicted molar refractivity (Wildman–Crippen MR) is 68.4 cm³/mol. The molecule has 2 heterocycles. The van der Waals surface area contributed by atoms with Crippen molar-refractivity contribution in [2.75, 3.05) is 26.2 Å². The first kappa shape index (κ1) is 13.8. The van der Waals surface area contributed by atoms with E-state index >= 15 is 0 Å². The molecule has 0 bridgehead atoms. The van der Waals surface area contributed by atoms with Crippen LogP contribution in [0.3, 0.4) is 0 Å². The van der Waals surface area contributed by atoms with Gasteiger partial charge in [-0.1, -0.05) is 6.92 Å². The first-order chi connectivity index (χ1) is 9.07. The number of carbonyl (C=O) groups excluding carboxylic acids is 3. The Kier molecular flexibility index (Phi) is 4.04. The topological polar surface area (TPSA) is 90.5 Å². The molecule has 106 valence electrons. The van der Waals surface area contributed by atoms with Crippen molar-refractivity contribution in [3.8, 4) is 0 Å². The highest BCUT2D eigenvalue weighted by Crippen LogP contribution is 2.25. The van der Waals surface area contributed by atoms with Gasteiger partial charge in [-0.2, -0.15) is 0 Å². The number of urea groups is 1. The third-order valence-electron chi connectivity index (χ3n) is 3.75. The summed E-state index contributed by atoms with van der Waals surface area (Å²) in [7, 11) is 0. The fourth-order valence-corrected chi connectivity index (χ4v) is 2.55. The molecule has 2 aliphatic heterocycles. The first-order valence-electron chi connectivity index (χ1n) is 6.69. The second-order valence-corrected chi connectivity index (χ2v) is 4.97. The van der Waals surface area contributed by atoms with Gasteiger partial charge in [-0.25, -0.2) is 4.79 Å². The van der Waals surface area contributed by atoms with E-state index < -0.39 is 11.6 Å². The van der Waals surface area contributed by atoms with Crippen LogP contribution in [0.4, 0.5) is 4.79 Å². The molecule has 0 aromatic heterocycles. The Hall–Kier alpha value is -1.63. The van der Waals surface area contributed by atoms with Gasteiger partial charge in [0, 0.05) is 26.1 Å². The maximum atomic E-state index is 11.9. The lowest BCUT2D eigenvalue weighted by atomic mass is 9.87. The summed E-state index contributed by atoms with van der Waals surface area (Å²) >= 11 is 0. The van der Waals surface area contributed by atoms with Gasteiger partial charge in [0.05, 0.1) is 0 Å². The Morgan fingerprint density at radius 1 is 1.37 bits per heavy atom. The Morgan fingerprint density at radius 3 is 2.58 bits per heavy atom. The number of imide groups is 1.